The number of carbonyl (C=O) groups is 7. The van der Waals surface area contributed by atoms with Crippen LogP contribution in [0.1, 0.15) is 259 Å². The molecule has 5 heterocycles. The molecule has 5 saturated heterocycles. The van der Waals surface area contributed by atoms with Gasteiger partial charge in [-0.25, -0.2) is 4.79 Å². The number of unbranched alkanes of at least 4 members (excludes halogenated alkanes) is 23. The maximum absolute atomic E-state index is 15.2. The number of nitrogens with one attached hydrogen (secondary N) is 4. The van der Waals surface area contributed by atoms with Crippen LogP contribution < -0.4 is 21.3 Å². The van der Waals surface area contributed by atoms with E-state index in [9.17, 15) is 74.7 Å². The molecule has 13 N–H and O–H groups in total. The topological polar surface area (TPSA) is 497 Å². The van der Waals surface area contributed by atoms with Gasteiger partial charge in [-0.15, -0.1) is 0 Å². The number of methoxy groups -OCH3 is 5. The minimum Gasteiger partial charge on any atom is -0.467 e. The molecule has 0 bridgehead atoms. The van der Waals surface area contributed by atoms with Crippen molar-refractivity contribution in [3.63, 3.8) is 0 Å². The number of ether oxygens (including phenoxy) is 16. The van der Waals surface area contributed by atoms with Crippen molar-refractivity contribution < 1.29 is 155 Å². The Labute approximate surface area is 755 Å². The number of carbonyl (C=O) groups excluding carboxylic acids is 7. The van der Waals surface area contributed by atoms with Crippen molar-refractivity contribution in [2.75, 3.05) is 48.8 Å². The van der Waals surface area contributed by atoms with E-state index in [0.717, 1.165) is 116 Å². The molecule has 6 rings (SSSR count). The predicted octanol–water partition coefficient (Wildman–Crippen LogP) is 5.49. The van der Waals surface area contributed by atoms with Crippen LogP contribution in [0, 0.1) is 0 Å². The number of Topliss-reactive ketones (excluding diaryl/α,β-unsaturated/α-hetero) is 1. The van der Waals surface area contributed by atoms with Crippen molar-refractivity contribution in [1.29, 1.82) is 0 Å². The molecule has 1 aromatic carbocycles. The lowest BCUT2D eigenvalue weighted by Gasteiger charge is -2.50. The van der Waals surface area contributed by atoms with E-state index in [1.807, 2.05) is 6.08 Å². The predicted molar refractivity (Wildman–Crippen MR) is 465 cm³/mol. The van der Waals surface area contributed by atoms with Gasteiger partial charge in [0.25, 0.3) is 0 Å². The molecule has 5 fully saturated rings. The molecule has 36 heteroatoms. The van der Waals surface area contributed by atoms with E-state index in [2.05, 4.69) is 48.1 Å². The van der Waals surface area contributed by atoms with Gasteiger partial charge in [-0.05, 0) is 84.3 Å². The molecule has 4 amide bonds. The van der Waals surface area contributed by atoms with E-state index >= 15 is 4.79 Å². The summed E-state index contributed by atoms with van der Waals surface area (Å²) in [7, 11) is 6.56. The average molecular weight is 1830 g/mol. The van der Waals surface area contributed by atoms with Crippen LogP contribution in [-0.2, 0) is 122 Å². The summed E-state index contributed by atoms with van der Waals surface area (Å²) >= 11 is 0. The number of rotatable bonds is 61. The van der Waals surface area contributed by atoms with E-state index in [4.69, 9.17) is 75.8 Å². The quantitative estimate of drug-likeness (QED) is 0.0218. The zero-order valence-corrected chi connectivity index (χ0v) is 77.7. The summed E-state index contributed by atoms with van der Waals surface area (Å²) in [5.41, 5.74) is 0.962. The second-order valence-corrected chi connectivity index (χ2v) is 34.7. The first kappa shape index (κ1) is 111. The van der Waals surface area contributed by atoms with Gasteiger partial charge in [0.2, 0.25) is 23.6 Å². The van der Waals surface area contributed by atoms with Crippen LogP contribution in [0.15, 0.2) is 36.4 Å². The normalized spacial score (nSPS) is 30.9. The molecule has 0 aliphatic carbocycles. The van der Waals surface area contributed by atoms with Gasteiger partial charge in [0.1, 0.15) is 109 Å². The largest absolute Gasteiger partial charge is 0.467 e. The summed E-state index contributed by atoms with van der Waals surface area (Å²) in [6, 6.07) is -0.468. The monoisotopic (exact) mass is 1830 g/mol. The highest BCUT2D eigenvalue weighted by atomic mass is 16.8. The lowest BCUT2D eigenvalue weighted by molar-refractivity contribution is -0.395. The fraction of sp³-hybridized carbons (Fsp3) is 0.837. The molecule has 0 spiro atoms. The van der Waals surface area contributed by atoms with E-state index < -0.39 is 233 Å². The van der Waals surface area contributed by atoms with Crippen LogP contribution in [0.3, 0.4) is 0 Å². The molecule has 0 saturated carbocycles. The van der Waals surface area contributed by atoms with Crippen molar-refractivity contribution in [2.24, 2.45) is 0 Å². The summed E-state index contributed by atoms with van der Waals surface area (Å²) < 4.78 is 94.9. The summed E-state index contributed by atoms with van der Waals surface area (Å²) in [6.45, 7) is 12.0. The van der Waals surface area contributed by atoms with Gasteiger partial charge in [-0.2, -0.15) is 0 Å². The summed E-state index contributed by atoms with van der Waals surface area (Å²) in [5, 5.41) is 114. The van der Waals surface area contributed by atoms with Gasteiger partial charge >= 0.3 is 11.9 Å². The lowest BCUT2D eigenvalue weighted by Crippen LogP contribution is -2.67. The standard InChI is InChI=1S/C92H156N4O32/c1-14-17-20-23-26-29-30-33-34-37-40-46-61(98)50-59-44-43-45-60(49-59)51-62(94-84(109)63(52-97)95-85(110)64(53-118-88-72(105)76(114-10)68(101)55(5)120-88)93-65(99)47-41-38-35-31-27-24-21-18-15-2)83(108)96-67(86(111)117-13)54(4)119-90-74(107)78(71(104)87(112)128-90)125-89-73(106)77(69(102)56(6)121-89)126-92-82(124-66(100)48-42-39-36-32-28-25-22-19-16-3)79(70(103)57(7)122-92)127-91-81(116-12)80(115-11)75(113-9)58(8)123-91/h32,36,43-45,49,54-58,62-64,67-82,87-92,97,101-107,112H,14-31,33-35,37-42,46-48,50-53H2,1-13H3,(H,93,99)(H,94,109)(H,95,110)(H,96,108)/b36-32+. The van der Waals surface area contributed by atoms with Crippen LogP contribution in [0.2, 0.25) is 0 Å². The summed E-state index contributed by atoms with van der Waals surface area (Å²) in [5.74, 6) is -5.87. The first-order chi connectivity index (χ1) is 61.4. The Balaban J connectivity index is 1.23. The highest BCUT2D eigenvalue weighted by Gasteiger charge is 2.57. The van der Waals surface area contributed by atoms with Crippen LogP contribution in [0.25, 0.3) is 0 Å². The number of amides is 4. The van der Waals surface area contributed by atoms with Gasteiger partial charge in [-0.3, -0.25) is 28.8 Å². The second kappa shape index (κ2) is 60.0. The number of esters is 2. The Morgan fingerprint density at radius 2 is 0.875 bits per heavy atom. The number of aliphatic hydroxyl groups is 9. The summed E-state index contributed by atoms with van der Waals surface area (Å²) in [6.07, 6.45) is -9.16. The maximum Gasteiger partial charge on any atom is 0.331 e. The number of aliphatic hydroxyl groups excluding tert-OH is 9. The zero-order valence-electron chi connectivity index (χ0n) is 77.7. The van der Waals surface area contributed by atoms with Crippen LogP contribution in [0.4, 0.5) is 0 Å². The van der Waals surface area contributed by atoms with Gasteiger partial charge < -0.3 is 143 Å². The number of allylic oxidation sites excluding steroid dienone is 2. The first-order valence-electron chi connectivity index (χ1n) is 46.8. The SMILES string of the molecule is CCCCCC/C=C/CCCC(=O)OC1C(OC2C(O)C(C)OC(OC3C(O)C(O)OC(OC(C)C(NC(=O)C(Cc4cccc(CC(=O)CCCCCCCCCCCCC)c4)NC(=O)C(CO)NC(=O)C(COC4OC(C)C(O)C(OC)C4O)NC(=O)CCCCCCCCCCC)C(=O)OC)C3O)C2O)OC(C)C(O)C1OC1OC(C)C(OC)C(OC)C1OC. The molecular formula is C92H156N4O32. The van der Waals surface area contributed by atoms with Crippen LogP contribution in [-0.4, -0.2) is 320 Å². The molecule has 30 atom stereocenters. The van der Waals surface area contributed by atoms with Gasteiger partial charge in [0.05, 0.1) is 50.8 Å². The van der Waals surface area contributed by atoms with E-state index in [-0.39, 0.29) is 31.5 Å². The Hall–Kier alpha value is -5.47. The maximum atomic E-state index is 15.2. The first-order valence-corrected chi connectivity index (χ1v) is 46.8. The highest BCUT2D eigenvalue weighted by Crippen LogP contribution is 2.38. The Morgan fingerprint density at radius 3 is 1.45 bits per heavy atom. The average Bonchev–Trinajstić information content (AvgIpc) is 0.766. The third-order valence-corrected chi connectivity index (χ3v) is 24.4. The highest BCUT2D eigenvalue weighted by molar-refractivity contribution is 5.95. The number of hydrogen-bond donors (Lipinski definition) is 13. The third-order valence-electron chi connectivity index (χ3n) is 24.4. The van der Waals surface area contributed by atoms with Gasteiger partial charge in [0.15, 0.2) is 49.9 Å². The molecule has 5 aliphatic heterocycles. The van der Waals surface area contributed by atoms with Crippen molar-refractivity contribution in [1.82, 2.24) is 21.3 Å². The third kappa shape index (κ3) is 35.4. The number of hydrogen-bond acceptors (Lipinski definition) is 32. The smallest absolute Gasteiger partial charge is 0.331 e. The molecule has 5 aliphatic rings. The van der Waals surface area contributed by atoms with Gasteiger partial charge in [-0.1, -0.05) is 192 Å². The molecule has 30 unspecified atom stereocenters. The Morgan fingerprint density at radius 1 is 0.422 bits per heavy atom. The van der Waals surface area contributed by atoms with Crippen LogP contribution in [0.5, 0.6) is 0 Å². The van der Waals surface area contributed by atoms with Crippen molar-refractivity contribution in [2.45, 2.75) is 445 Å². The molecule has 128 heavy (non-hydrogen) atoms. The zero-order chi connectivity index (χ0) is 93.9. The summed E-state index contributed by atoms with van der Waals surface area (Å²) in [4.78, 5) is 99.8. The second-order valence-electron chi connectivity index (χ2n) is 34.7. The minimum atomic E-state index is -2.28. The van der Waals surface area contributed by atoms with Crippen molar-refractivity contribution >= 4 is 41.4 Å². The fourth-order valence-electron chi connectivity index (χ4n) is 16.7. The molecular weight excluding hydrogens is 1670 g/mol. The molecule has 0 radical (unpaired) electrons. The molecule has 736 valence electrons. The van der Waals surface area contributed by atoms with E-state index in [0.29, 0.717) is 43.2 Å². The van der Waals surface area contributed by atoms with E-state index in [1.54, 1.807) is 31.2 Å². The number of benzene rings is 1. The molecule has 1 aromatic rings. The Bertz CT molecular complexity index is 3370. The Kier molecular flexibility index (Phi) is 52.2. The number of ketones is 1. The van der Waals surface area contributed by atoms with E-state index in [1.165, 1.54) is 94.7 Å². The molecule has 36 nitrogen and oxygen atoms in total. The molecule has 0 aromatic heterocycles. The minimum absolute atomic E-state index is 0.00420. The van der Waals surface area contributed by atoms with Crippen LogP contribution >= 0.6 is 0 Å². The lowest BCUT2D eigenvalue weighted by atomic mass is 9.96. The van der Waals surface area contributed by atoms with Gasteiger partial charge in [0, 0.05) is 60.5 Å². The fourth-order valence-corrected chi connectivity index (χ4v) is 16.7. The van der Waals surface area contributed by atoms with Crippen molar-refractivity contribution in [3.05, 3.63) is 47.5 Å². The van der Waals surface area contributed by atoms with Crippen molar-refractivity contribution in [3.8, 4) is 0 Å².